The molecule has 1 fully saturated rings. The molecular weight excluding hydrogens is 236 g/mol. The summed E-state index contributed by atoms with van der Waals surface area (Å²) in [4.78, 5) is 2.42. The van der Waals surface area contributed by atoms with Gasteiger partial charge in [-0.3, -0.25) is 0 Å². The van der Waals surface area contributed by atoms with Gasteiger partial charge in [-0.1, -0.05) is 25.1 Å². The number of fused-ring (bicyclic) bond motifs is 1. The Morgan fingerprint density at radius 1 is 1.32 bits per heavy atom. The number of hydrogen-bond acceptors (Lipinski definition) is 3. The first-order valence-corrected chi connectivity index (χ1v) is 7.50. The number of para-hydroxylation sites is 1. The average molecular weight is 260 g/mol. The second kappa shape index (κ2) is 5.14. The van der Waals surface area contributed by atoms with Gasteiger partial charge in [-0.05, 0) is 43.9 Å². The Bertz CT molecular complexity index is 438. The molecule has 1 aromatic rings. The number of likely N-dealkylation sites (tertiary alicyclic amines) is 1. The van der Waals surface area contributed by atoms with Crippen molar-refractivity contribution >= 4 is 5.69 Å². The van der Waals surface area contributed by atoms with Crippen LogP contribution in [-0.4, -0.2) is 41.3 Å². The van der Waals surface area contributed by atoms with Crippen molar-refractivity contribution in [2.24, 2.45) is 0 Å². The molecule has 2 aliphatic rings. The molecule has 104 valence electrons. The number of rotatable bonds is 2. The van der Waals surface area contributed by atoms with E-state index in [4.69, 9.17) is 0 Å². The van der Waals surface area contributed by atoms with Gasteiger partial charge in [0, 0.05) is 18.8 Å². The number of piperidine rings is 1. The summed E-state index contributed by atoms with van der Waals surface area (Å²) in [6, 6.07) is 8.68. The number of aliphatic hydroxyl groups is 1. The highest BCUT2D eigenvalue weighted by Crippen LogP contribution is 2.34. The topological polar surface area (TPSA) is 35.5 Å². The largest absolute Gasteiger partial charge is 0.388 e. The predicted octanol–water partition coefficient (Wildman–Crippen LogP) is 2.26. The van der Waals surface area contributed by atoms with Gasteiger partial charge in [0.15, 0.2) is 0 Å². The van der Waals surface area contributed by atoms with E-state index in [1.807, 2.05) is 0 Å². The van der Waals surface area contributed by atoms with Crippen molar-refractivity contribution < 1.29 is 5.11 Å². The maximum Gasteiger partial charge on any atom is 0.0872 e. The molecule has 19 heavy (non-hydrogen) atoms. The maximum atomic E-state index is 10.9. The molecule has 0 spiro atoms. The molecule has 0 radical (unpaired) electrons. The first kappa shape index (κ1) is 12.9. The minimum Gasteiger partial charge on any atom is -0.388 e. The van der Waals surface area contributed by atoms with Crippen molar-refractivity contribution in [2.75, 3.05) is 25.0 Å². The number of hydrogen-bond donors (Lipinski definition) is 2. The fraction of sp³-hybridized carbons (Fsp3) is 0.625. The smallest absolute Gasteiger partial charge is 0.0872 e. The van der Waals surface area contributed by atoms with E-state index in [0.717, 1.165) is 45.3 Å². The van der Waals surface area contributed by atoms with Gasteiger partial charge in [-0.15, -0.1) is 0 Å². The summed E-state index contributed by atoms with van der Waals surface area (Å²) in [5.74, 6) is 0. The Labute approximate surface area is 115 Å². The minimum absolute atomic E-state index is 0.210. The van der Waals surface area contributed by atoms with Crippen molar-refractivity contribution in [2.45, 2.75) is 44.2 Å². The number of nitrogens with zero attached hydrogens (tertiary/aromatic N) is 1. The average Bonchev–Trinajstić information content (AvgIpc) is 2.47. The van der Waals surface area contributed by atoms with E-state index in [1.165, 1.54) is 11.3 Å². The van der Waals surface area contributed by atoms with Gasteiger partial charge in [-0.2, -0.15) is 0 Å². The lowest BCUT2D eigenvalue weighted by Crippen LogP contribution is -2.55. The molecule has 3 heteroatoms. The summed E-state index contributed by atoms with van der Waals surface area (Å²) >= 11 is 0. The van der Waals surface area contributed by atoms with E-state index in [-0.39, 0.29) is 6.04 Å². The molecule has 1 aromatic carbocycles. The predicted molar refractivity (Wildman–Crippen MR) is 78.5 cm³/mol. The first-order valence-electron chi connectivity index (χ1n) is 7.50. The van der Waals surface area contributed by atoms with Crippen molar-refractivity contribution in [1.82, 2.24) is 4.90 Å². The van der Waals surface area contributed by atoms with E-state index < -0.39 is 5.60 Å². The molecule has 0 amide bonds. The van der Waals surface area contributed by atoms with Gasteiger partial charge in [0.2, 0.25) is 0 Å². The van der Waals surface area contributed by atoms with Crippen LogP contribution in [0.4, 0.5) is 5.69 Å². The number of aryl methyl sites for hydroxylation is 1. The fourth-order valence-corrected chi connectivity index (χ4v) is 3.45. The van der Waals surface area contributed by atoms with Crippen LogP contribution in [0, 0.1) is 0 Å². The molecule has 3 nitrogen and oxygen atoms in total. The van der Waals surface area contributed by atoms with E-state index in [2.05, 4.69) is 41.4 Å². The van der Waals surface area contributed by atoms with Crippen molar-refractivity contribution in [3.8, 4) is 0 Å². The summed E-state index contributed by atoms with van der Waals surface area (Å²) in [6.07, 6.45) is 3.90. The fourth-order valence-electron chi connectivity index (χ4n) is 3.45. The van der Waals surface area contributed by atoms with Gasteiger partial charge >= 0.3 is 0 Å². The number of anilines is 1. The van der Waals surface area contributed by atoms with Crippen LogP contribution in [-0.2, 0) is 6.42 Å². The molecule has 1 saturated heterocycles. The summed E-state index contributed by atoms with van der Waals surface area (Å²) in [5.41, 5.74) is 2.07. The third-order valence-electron chi connectivity index (χ3n) is 4.87. The van der Waals surface area contributed by atoms with Gasteiger partial charge < -0.3 is 15.3 Å². The molecule has 0 aromatic heterocycles. The lowest BCUT2D eigenvalue weighted by atomic mass is 9.79. The SMILES string of the molecule is CCN1CCC(O)(C2CCc3ccccc3N2)CC1. The molecule has 1 atom stereocenters. The molecule has 2 aliphatic heterocycles. The highest BCUT2D eigenvalue weighted by Gasteiger charge is 2.40. The van der Waals surface area contributed by atoms with Crippen LogP contribution in [0.15, 0.2) is 24.3 Å². The van der Waals surface area contributed by atoms with Crippen molar-refractivity contribution in [3.05, 3.63) is 29.8 Å². The van der Waals surface area contributed by atoms with Crippen LogP contribution in [0.3, 0.4) is 0 Å². The summed E-state index contributed by atoms with van der Waals surface area (Å²) < 4.78 is 0. The van der Waals surface area contributed by atoms with Crippen LogP contribution in [0.5, 0.6) is 0 Å². The monoisotopic (exact) mass is 260 g/mol. The van der Waals surface area contributed by atoms with E-state index in [1.54, 1.807) is 0 Å². The Morgan fingerprint density at radius 2 is 2.05 bits per heavy atom. The van der Waals surface area contributed by atoms with Crippen LogP contribution in [0.1, 0.15) is 31.7 Å². The van der Waals surface area contributed by atoms with Crippen LogP contribution in [0.25, 0.3) is 0 Å². The molecule has 0 aliphatic carbocycles. The highest BCUT2D eigenvalue weighted by atomic mass is 16.3. The maximum absolute atomic E-state index is 10.9. The Morgan fingerprint density at radius 3 is 2.79 bits per heavy atom. The van der Waals surface area contributed by atoms with Crippen LogP contribution < -0.4 is 5.32 Å². The van der Waals surface area contributed by atoms with E-state index in [0.29, 0.717) is 0 Å². The van der Waals surface area contributed by atoms with Gasteiger partial charge in [0.05, 0.1) is 11.6 Å². The molecule has 0 bridgehead atoms. The molecular formula is C16H24N2O. The first-order chi connectivity index (χ1) is 9.21. The van der Waals surface area contributed by atoms with Crippen molar-refractivity contribution in [1.29, 1.82) is 0 Å². The molecule has 3 rings (SSSR count). The summed E-state index contributed by atoms with van der Waals surface area (Å²) in [5, 5.41) is 14.5. The van der Waals surface area contributed by atoms with Gasteiger partial charge in [0.1, 0.15) is 0 Å². The Hall–Kier alpha value is -1.06. The summed E-state index contributed by atoms with van der Waals surface area (Å²) in [7, 11) is 0. The standard InChI is InChI=1S/C16H24N2O/c1-2-18-11-9-16(19,10-12-18)15-8-7-13-5-3-4-6-14(13)17-15/h3-6,15,17,19H,2,7-12H2,1H3. The zero-order chi connectivity index (χ0) is 13.3. The molecule has 1 unspecified atom stereocenters. The molecule has 0 saturated carbocycles. The van der Waals surface area contributed by atoms with Crippen LogP contribution in [0.2, 0.25) is 0 Å². The van der Waals surface area contributed by atoms with Gasteiger partial charge in [0.25, 0.3) is 0 Å². The second-order valence-electron chi connectivity index (χ2n) is 5.93. The lowest BCUT2D eigenvalue weighted by Gasteiger charge is -2.45. The zero-order valence-corrected chi connectivity index (χ0v) is 11.7. The van der Waals surface area contributed by atoms with E-state index in [9.17, 15) is 5.11 Å². The highest BCUT2D eigenvalue weighted by molar-refractivity contribution is 5.54. The second-order valence-corrected chi connectivity index (χ2v) is 5.93. The number of nitrogens with one attached hydrogen (secondary N) is 1. The van der Waals surface area contributed by atoms with Gasteiger partial charge in [-0.25, -0.2) is 0 Å². The zero-order valence-electron chi connectivity index (χ0n) is 11.7. The van der Waals surface area contributed by atoms with Crippen molar-refractivity contribution in [3.63, 3.8) is 0 Å². The summed E-state index contributed by atoms with van der Waals surface area (Å²) in [6.45, 7) is 5.33. The number of benzene rings is 1. The molecule has 2 N–H and O–H groups in total. The lowest BCUT2D eigenvalue weighted by molar-refractivity contribution is -0.0370. The Balaban J connectivity index is 1.71. The quantitative estimate of drug-likeness (QED) is 0.856. The Kier molecular flexibility index (Phi) is 3.50. The third-order valence-corrected chi connectivity index (χ3v) is 4.87. The normalized spacial score (nSPS) is 26.5. The molecule has 2 heterocycles. The third kappa shape index (κ3) is 2.49. The van der Waals surface area contributed by atoms with Crippen LogP contribution >= 0.6 is 0 Å². The minimum atomic E-state index is -0.529. The van der Waals surface area contributed by atoms with E-state index >= 15 is 0 Å².